The second kappa shape index (κ2) is 7.94. The molecular weight excluding hydrogens is 320 g/mol. The summed E-state index contributed by atoms with van der Waals surface area (Å²) >= 11 is 0. The largest absolute Gasteiger partial charge is 0.300 e. The first-order chi connectivity index (χ1) is 12.9. The highest BCUT2D eigenvalue weighted by atomic mass is 15.3. The van der Waals surface area contributed by atoms with Crippen LogP contribution in [-0.2, 0) is 12.0 Å². The van der Waals surface area contributed by atoms with Gasteiger partial charge in [0.05, 0.1) is 6.54 Å². The summed E-state index contributed by atoms with van der Waals surface area (Å²) in [6.45, 7) is 6.17. The number of hydrogen-bond acceptors (Lipinski definition) is 4. The third kappa shape index (κ3) is 3.62. The van der Waals surface area contributed by atoms with E-state index < -0.39 is 0 Å². The van der Waals surface area contributed by atoms with Crippen LogP contribution in [0.2, 0.25) is 0 Å². The minimum Gasteiger partial charge on any atom is -0.300 e. The molecule has 4 rings (SSSR count). The number of hydrogen-bond donors (Lipinski definition) is 0. The average molecular weight is 346 g/mol. The van der Waals surface area contributed by atoms with Gasteiger partial charge < -0.3 is 4.90 Å². The van der Waals surface area contributed by atoms with Crippen molar-refractivity contribution in [3.8, 4) is 0 Å². The van der Waals surface area contributed by atoms with Crippen LogP contribution in [0.25, 0.3) is 0 Å². The Morgan fingerprint density at radius 3 is 2.19 bits per heavy atom. The van der Waals surface area contributed by atoms with Gasteiger partial charge in [0.25, 0.3) is 0 Å². The number of benzene rings is 2. The fourth-order valence-electron chi connectivity index (χ4n) is 3.98. The van der Waals surface area contributed by atoms with Crippen LogP contribution >= 0.6 is 0 Å². The molecule has 1 saturated heterocycles. The molecule has 2 heterocycles. The molecule has 4 heteroatoms. The van der Waals surface area contributed by atoms with Crippen LogP contribution in [0, 0.1) is 0 Å². The van der Waals surface area contributed by atoms with E-state index in [9.17, 15) is 0 Å². The van der Waals surface area contributed by atoms with Gasteiger partial charge in [0.2, 0.25) is 0 Å². The molecular formula is C22H26N4. The van der Waals surface area contributed by atoms with Crippen LogP contribution in [0.4, 0.5) is 0 Å². The third-order valence-corrected chi connectivity index (χ3v) is 5.54. The van der Waals surface area contributed by atoms with Crippen molar-refractivity contribution in [1.82, 2.24) is 9.80 Å². The fourth-order valence-corrected chi connectivity index (χ4v) is 3.98. The Kier molecular flexibility index (Phi) is 5.23. The zero-order chi connectivity index (χ0) is 17.7. The lowest BCUT2D eigenvalue weighted by atomic mass is 9.87. The summed E-state index contributed by atoms with van der Waals surface area (Å²) in [5.74, 6) is 0. The number of nitrogens with zero attached hydrogens (tertiary/aromatic N) is 4. The second-order valence-corrected chi connectivity index (χ2v) is 7.09. The Balaban J connectivity index is 1.41. The van der Waals surface area contributed by atoms with E-state index in [0.29, 0.717) is 0 Å². The van der Waals surface area contributed by atoms with Crippen molar-refractivity contribution in [3.63, 3.8) is 0 Å². The Hall–Kier alpha value is -2.30. The van der Waals surface area contributed by atoms with Gasteiger partial charge in [-0.2, -0.15) is 0 Å². The quantitative estimate of drug-likeness (QED) is 0.834. The van der Waals surface area contributed by atoms with Crippen LogP contribution in [-0.4, -0.2) is 61.6 Å². The van der Waals surface area contributed by atoms with Gasteiger partial charge in [0.15, 0.2) is 0 Å². The molecule has 2 aromatic rings. The summed E-state index contributed by atoms with van der Waals surface area (Å²) in [6.07, 6.45) is 4.89. The Morgan fingerprint density at radius 2 is 1.54 bits per heavy atom. The summed E-state index contributed by atoms with van der Waals surface area (Å²) in [7, 11) is 0. The zero-order valence-electron chi connectivity index (χ0n) is 15.2. The summed E-state index contributed by atoms with van der Waals surface area (Å²) in [5.41, 5.74) is 2.52. The molecule has 1 unspecified atom stereocenters. The molecule has 0 bridgehead atoms. The summed E-state index contributed by atoms with van der Waals surface area (Å²) < 4.78 is 0. The zero-order valence-corrected chi connectivity index (χ0v) is 15.2. The molecule has 1 atom stereocenters. The van der Waals surface area contributed by atoms with Gasteiger partial charge in [0.1, 0.15) is 11.9 Å². The molecule has 0 amide bonds. The van der Waals surface area contributed by atoms with E-state index in [-0.39, 0.29) is 5.54 Å². The van der Waals surface area contributed by atoms with E-state index in [4.69, 9.17) is 0 Å². The van der Waals surface area contributed by atoms with E-state index in [1.807, 2.05) is 0 Å². The molecule has 2 aliphatic rings. The Bertz CT molecular complexity index is 748. The summed E-state index contributed by atoms with van der Waals surface area (Å²) in [6, 6.07) is 21.5. The lowest BCUT2D eigenvalue weighted by molar-refractivity contribution is 0.0740. The van der Waals surface area contributed by atoms with Crippen molar-refractivity contribution >= 4 is 12.6 Å². The second-order valence-electron chi connectivity index (χ2n) is 7.09. The predicted molar refractivity (Wildman–Crippen MR) is 108 cm³/mol. The molecule has 4 nitrogen and oxygen atoms in total. The smallest absolute Gasteiger partial charge is 0.109 e. The van der Waals surface area contributed by atoms with Crippen molar-refractivity contribution in [2.45, 2.75) is 12.0 Å². The summed E-state index contributed by atoms with van der Waals surface area (Å²) in [5, 5.41) is 0. The highest BCUT2D eigenvalue weighted by Crippen LogP contribution is 2.30. The maximum absolute atomic E-state index is 4.50. The van der Waals surface area contributed by atoms with E-state index in [0.717, 1.165) is 45.7 Å². The normalized spacial score (nSPS) is 24.0. The van der Waals surface area contributed by atoms with Gasteiger partial charge >= 0.3 is 0 Å². The molecule has 134 valence electrons. The lowest BCUT2D eigenvalue weighted by Gasteiger charge is -2.46. The van der Waals surface area contributed by atoms with Gasteiger partial charge in [-0.3, -0.25) is 9.89 Å². The van der Waals surface area contributed by atoms with Crippen molar-refractivity contribution in [3.05, 3.63) is 71.8 Å². The highest BCUT2D eigenvalue weighted by Gasteiger charge is 2.39. The first-order valence-electron chi connectivity index (χ1n) is 9.46. The number of piperazine rings is 1. The van der Waals surface area contributed by atoms with Crippen LogP contribution < -0.4 is 0 Å². The molecule has 0 aromatic heterocycles. The van der Waals surface area contributed by atoms with E-state index in [2.05, 4.69) is 86.7 Å². The lowest BCUT2D eigenvalue weighted by Crippen LogP contribution is -2.58. The molecule has 0 saturated carbocycles. The van der Waals surface area contributed by atoms with Gasteiger partial charge in [-0.1, -0.05) is 60.7 Å². The number of aliphatic imine (C=N–C) groups is 2. The van der Waals surface area contributed by atoms with Crippen molar-refractivity contribution in [2.24, 2.45) is 9.98 Å². The minimum absolute atomic E-state index is 0.193. The molecule has 0 radical (unpaired) electrons. The standard InChI is InChI=1S/C22H26N4/c1-3-7-20(8-4-1)11-12-25-13-15-26(16-14-25)22(17-23-19-24-18-22)21-9-5-2-6-10-21/h1-10,17,19H,11-16,18H2. The van der Waals surface area contributed by atoms with E-state index in [1.54, 1.807) is 6.34 Å². The van der Waals surface area contributed by atoms with Crippen LogP contribution in [0.5, 0.6) is 0 Å². The maximum Gasteiger partial charge on any atom is 0.109 e. The van der Waals surface area contributed by atoms with Crippen molar-refractivity contribution in [1.29, 1.82) is 0 Å². The third-order valence-electron chi connectivity index (χ3n) is 5.54. The van der Waals surface area contributed by atoms with Gasteiger partial charge in [-0.15, -0.1) is 0 Å². The first-order valence-corrected chi connectivity index (χ1v) is 9.46. The minimum atomic E-state index is -0.193. The monoisotopic (exact) mass is 346 g/mol. The molecule has 0 aliphatic carbocycles. The van der Waals surface area contributed by atoms with Crippen molar-refractivity contribution < 1.29 is 0 Å². The van der Waals surface area contributed by atoms with Crippen LogP contribution in [0.3, 0.4) is 0 Å². The van der Waals surface area contributed by atoms with Crippen LogP contribution in [0.15, 0.2) is 70.6 Å². The Morgan fingerprint density at radius 1 is 0.846 bits per heavy atom. The molecule has 1 fully saturated rings. The molecule has 2 aliphatic heterocycles. The van der Waals surface area contributed by atoms with Crippen LogP contribution in [0.1, 0.15) is 11.1 Å². The topological polar surface area (TPSA) is 31.2 Å². The summed E-state index contributed by atoms with van der Waals surface area (Å²) in [4.78, 5) is 14.0. The molecule has 0 N–H and O–H groups in total. The highest BCUT2D eigenvalue weighted by molar-refractivity contribution is 5.83. The predicted octanol–water partition coefficient (Wildman–Crippen LogP) is 2.85. The molecule has 0 spiro atoms. The van der Waals surface area contributed by atoms with Crippen molar-refractivity contribution in [2.75, 3.05) is 39.3 Å². The first kappa shape index (κ1) is 17.1. The van der Waals surface area contributed by atoms with E-state index in [1.165, 1.54) is 11.1 Å². The SMILES string of the molecule is C1=NC=NCC1(c1ccccc1)N1CCN(CCc2ccccc2)CC1. The van der Waals surface area contributed by atoms with E-state index >= 15 is 0 Å². The maximum atomic E-state index is 4.50. The molecule has 26 heavy (non-hydrogen) atoms. The molecule has 2 aromatic carbocycles. The van der Waals surface area contributed by atoms with Gasteiger partial charge in [0, 0.05) is 38.9 Å². The van der Waals surface area contributed by atoms with Gasteiger partial charge in [-0.25, -0.2) is 4.99 Å². The average Bonchev–Trinajstić information content (AvgIpc) is 2.74. The fraction of sp³-hybridized carbons (Fsp3) is 0.364. The number of rotatable bonds is 5. The Labute approximate surface area is 155 Å². The van der Waals surface area contributed by atoms with Gasteiger partial charge in [-0.05, 0) is 17.5 Å².